The average molecular weight is 698 g/mol. The Morgan fingerprint density at radius 3 is 1.79 bits per heavy atom. The van der Waals surface area contributed by atoms with E-state index in [0.717, 1.165) is 55.7 Å². The molecule has 7 aromatic carbocycles. The van der Waals surface area contributed by atoms with E-state index in [1.54, 1.807) is 0 Å². The van der Waals surface area contributed by atoms with Crippen LogP contribution in [0.4, 0.5) is 17.1 Å². The van der Waals surface area contributed by atoms with Crippen molar-refractivity contribution in [2.24, 2.45) is 0 Å². The standard InChI is InChI=1S/C50H35NOS/c1-2-33-17-19-34(20-18-33)35-21-27-38(28-22-35)51(39-29-23-36(24-30-39)41-11-7-13-45-43-9-3-5-15-47(43)52-49(41)45)40-31-25-37(26-32-40)42-12-8-14-46-44-10-4-6-16-48(44)53-50(42)46/h2-32,44,48H,1H2. The number of hydrogen-bond donors (Lipinski definition) is 0. The highest BCUT2D eigenvalue weighted by atomic mass is 32.2. The van der Waals surface area contributed by atoms with Crippen molar-refractivity contribution in [2.75, 3.05) is 4.90 Å². The molecule has 2 aliphatic rings. The number of hydrogen-bond acceptors (Lipinski definition) is 3. The van der Waals surface area contributed by atoms with Gasteiger partial charge in [0.25, 0.3) is 0 Å². The summed E-state index contributed by atoms with van der Waals surface area (Å²) in [4.78, 5) is 3.74. The lowest BCUT2D eigenvalue weighted by atomic mass is 9.90. The quantitative estimate of drug-likeness (QED) is 0.165. The van der Waals surface area contributed by atoms with E-state index in [0.29, 0.717) is 11.2 Å². The first kappa shape index (κ1) is 31.4. The maximum atomic E-state index is 6.39. The number of para-hydroxylation sites is 2. The predicted molar refractivity (Wildman–Crippen MR) is 225 cm³/mol. The molecule has 0 radical (unpaired) electrons. The van der Waals surface area contributed by atoms with E-state index in [4.69, 9.17) is 4.42 Å². The topological polar surface area (TPSA) is 16.4 Å². The van der Waals surface area contributed by atoms with Crippen LogP contribution in [0.1, 0.15) is 17.0 Å². The molecule has 1 aliphatic heterocycles. The third-order valence-electron chi connectivity index (χ3n) is 10.6. The van der Waals surface area contributed by atoms with Gasteiger partial charge in [-0.1, -0.05) is 152 Å². The molecular formula is C50H35NOS. The van der Waals surface area contributed by atoms with Crippen LogP contribution in [0, 0.1) is 0 Å². The van der Waals surface area contributed by atoms with Crippen LogP contribution >= 0.6 is 11.8 Å². The smallest absolute Gasteiger partial charge is 0.143 e. The minimum atomic E-state index is 0.444. The molecule has 0 fully saturated rings. The number of rotatable bonds is 7. The van der Waals surface area contributed by atoms with Gasteiger partial charge in [-0.3, -0.25) is 0 Å². The van der Waals surface area contributed by atoms with Gasteiger partial charge in [-0.25, -0.2) is 0 Å². The van der Waals surface area contributed by atoms with Crippen LogP contribution in [-0.4, -0.2) is 5.25 Å². The average Bonchev–Trinajstić information content (AvgIpc) is 3.81. The molecule has 8 aromatic rings. The van der Waals surface area contributed by atoms with Crippen LogP contribution in [0.25, 0.3) is 61.4 Å². The van der Waals surface area contributed by atoms with E-state index in [2.05, 4.69) is 181 Å². The van der Waals surface area contributed by atoms with Crippen LogP contribution < -0.4 is 4.90 Å². The number of nitrogens with zero attached hydrogens (tertiary/aromatic N) is 1. The predicted octanol–water partition coefficient (Wildman–Crippen LogP) is 14.4. The van der Waals surface area contributed by atoms with E-state index in [1.807, 2.05) is 30.0 Å². The van der Waals surface area contributed by atoms with Crippen LogP contribution in [0.15, 0.2) is 198 Å². The summed E-state index contributed by atoms with van der Waals surface area (Å²) in [6.45, 7) is 3.90. The maximum absolute atomic E-state index is 6.39. The Labute approximate surface area is 314 Å². The normalized spacial score (nSPS) is 15.8. The van der Waals surface area contributed by atoms with E-state index in [-0.39, 0.29) is 0 Å². The number of benzene rings is 7. The molecule has 0 spiro atoms. The fourth-order valence-electron chi connectivity index (χ4n) is 7.91. The van der Waals surface area contributed by atoms with E-state index in [9.17, 15) is 0 Å². The Balaban J connectivity index is 1.03. The molecule has 252 valence electrons. The lowest BCUT2D eigenvalue weighted by Crippen LogP contribution is -2.09. The summed E-state index contributed by atoms with van der Waals surface area (Å²) in [5, 5.41) is 2.75. The highest BCUT2D eigenvalue weighted by Crippen LogP contribution is 2.52. The summed E-state index contributed by atoms with van der Waals surface area (Å²) < 4.78 is 6.39. The molecule has 0 N–H and O–H groups in total. The van der Waals surface area contributed by atoms with Crippen molar-refractivity contribution >= 4 is 56.8 Å². The summed E-state index contributed by atoms with van der Waals surface area (Å²) in [6.07, 6.45) is 10.9. The Kier molecular flexibility index (Phi) is 7.74. The summed E-state index contributed by atoms with van der Waals surface area (Å²) in [7, 11) is 0. The second-order valence-electron chi connectivity index (χ2n) is 13.7. The Morgan fingerprint density at radius 2 is 1.09 bits per heavy atom. The van der Waals surface area contributed by atoms with Crippen molar-refractivity contribution in [1.82, 2.24) is 0 Å². The molecular weight excluding hydrogens is 663 g/mol. The van der Waals surface area contributed by atoms with E-state index < -0.39 is 0 Å². The minimum Gasteiger partial charge on any atom is -0.455 e. The molecule has 2 unspecified atom stereocenters. The van der Waals surface area contributed by atoms with Gasteiger partial charge in [0, 0.05) is 49.5 Å². The monoisotopic (exact) mass is 697 g/mol. The van der Waals surface area contributed by atoms with Crippen LogP contribution in [0.5, 0.6) is 0 Å². The highest BCUT2D eigenvalue weighted by Gasteiger charge is 2.32. The lowest BCUT2D eigenvalue weighted by Gasteiger charge is -2.26. The summed E-state index contributed by atoms with van der Waals surface area (Å²) in [6, 6.07) is 56.8. The Morgan fingerprint density at radius 1 is 0.528 bits per heavy atom. The van der Waals surface area contributed by atoms with Crippen molar-refractivity contribution < 1.29 is 4.42 Å². The van der Waals surface area contributed by atoms with Gasteiger partial charge in [0.1, 0.15) is 11.2 Å². The maximum Gasteiger partial charge on any atom is 0.143 e. The van der Waals surface area contributed by atoms with Gasteiger partial charge in [0.15, 0.2) is 0 Å². The van der Waals surface area contributed by atoms with E-state index in [1.165, 1.54) is 32.7 Å². The number of fused-ring (bicyclic) bond motifs is 6. The fourth-order valence-corrected chi connectivity index (χ4v) is 9.39. The van der Waals surface area contributed by atoms with Gasteiger partial charge in [0.05, 0.1) is 0 Å². The Bertz CT molecular complexity index is 2700. The second kappa shape index (κ2) is 13.0. The van der Waals surface area contributed by atoms with Crippen molar-refractivity contribution in [3.8, 4) is 33.4 Å². The first-order valence-electron chi connectivity index (χ1n) is 18.1. The molecule has 0 bridgehead atoms. The van der Waals surface area contributed by atoms with Gasteiger partial charge in [0.2, 0.25) is 0 Å². The molecule has 2 nitrogen and oxygen atoms in total. The second-order valence-corrected chi connectivity index (χ2v) is 14.9. The molecule has 2 heterocycles. The van der Waals surface area contributed by atoms with Gasteiger partial charge in [-0.2, -0.15) is 0 Å². The van der Waals surface area contributed by atoms with Crippen molar-refractivity contribution in [3.63, 3.8) is 0 Å². The number of furan rings is 1. The fraction of sp³-hybridized carbons (Fsp3) is 0.0400. The number of anilines is 3. The van der Waals surface area contributed by atoms with Crippen molar-refractivity contribution in [3.05, 3.63) is 200 Å². The molecule has 10 rings (SSSR count). The Hall–Kier alpha value is -6.29. The number of allylic oxidation sites excluding steroid dienone is 3. The molecule has 0 amide bonds. The third kappa shape index (κ3) is 5.53. The van der Waals surface area contributed by atoms with Gasteiger partial charge < -0.3 is 9.32 Å². The minimum absolute atomic E-state index is 0.444. The van der Waals surface area contributed by atoms with Gasteiger partial charge in [-0.15, -0.1) is 11.8 Å². The highest BCUT2D eigenvalue weighted by molar-refractivity contribution is 8.00. The molecule has 3 heteroatoms. The zero-order chi connectivity index (χ0) is 35.3. The zero-order valence-electron chi connectivity index (χ0n) is 29.0. The first-order valence-corrected chi connectivity index (χ1v) is 19.0. The molecule has 2 atom stereocenters. The SMILES string of the molecule is C=Cc1ccc(-c2ccc(N(c3ccc(-c4cccc5c4SC4C=CC=CC54)cc3)c3ccc(-c4cccc5c4oc4ccccc45)cc3)cc2)cc1. The van der Waals surface area contributed by atoms with Gasteiger partial charge >= 0.3 is 0 Å². The summed E-state index contributed by atoms with van der Waals surface area (Å²) in [5.41, 5.74) is 14.8. The molecule has 0 saturated carbocycles. The van der Waals surface area contributed by atoms with Crippen LogP contribution in [0.3, 0.4) is 0 Å². The third-order valence-corrected chi connectivity index (χ3v) is 12.0. The van der Waals surface area contributed by atoms with E-state index >= 15 is 0 Å². The molecule has 1 aliphatic carbocycles. The van der Waals surface area contributed by atoms with Crippen molar-refractivity contribution in [2.45, 2.75) is 16.1 Å². The van der Waals surface area contributed by atoms with Crippen LogP contribution in [-0.2, 0) is 0 Å². The summed E-state index contributed by atoms with van der Waals surface area (Å²) >= 11 is 1.99. The lowest BCUT2D eigenvalue weighted by molar-refractivity contribution is 0.670. The number of thioether (sulfide) groups is 1. The molecule has 0 saturated heterocycles. The zero-order valence-corrected chi connectivity index (χ0v) is 29.8. The molecule has 53 heavy (non-hydrogen) atoms. The van der Waals surface area contributed by atoms with Gasteiger partial charge in [-0.05, 0) is 81.4 Å². The molecule has 1 aromatic heterocycles. The summed E-state index contributed by atoms with van der Waals surface area (Å²) in [5.74, 6) is 0.444. The van der Waals surface area contributed by atoms with Crippen LogP contribution in [0.2, 0.25) is 0 Å². The first-order chi connectivity index (χ1) is 26.2. The largest absolute Gasteiger partial charge is 0.455 e. The van der Waals surface area contributed by atoms with Crippen molar-refractivity contribution in [1.29, 1.82) is 0 Å².